The summed E-state index contributed by atoms with van der Waals surface area (Å²) in [7, 11) is 0. The quantitative estimate of drug-likeness (QED) is 0.846. The van der Waals surface area contributed by atoms with Crippen molar-refractivity contribution in [3.63, 3.8) is 0 Å². The summed E-state index contributed by atoms with van der Waals surface area (Å²) in [5, 5.41) is 7.34. The molecular weight excluding hydrogens is 345 g/mol. The van der Waals surface area contributed by atoms with Crippen LogP contribution in [0.2, 0.25) is 0 Å². The van der Waals surface area contributed by atoms with Crippen LogP contribution in [0.15, 0.2) is 34.9 Å². The summed E-state index contributed by atoms with van der Waals surface area (Å²) in [5.74, 6) is 1.40. The molecule has 1 atom stereocenters. The van der Waals surface area contributed by atoms with Gasteiger partial charge in [0.05, 0.1) is 13.1 Å². The van der Waals surface area contributed by atoms with Crippen molar-refractivity contribution in [1.29, 1.82) is 0 Å². The van der Waals surface area contributed by atoms with Gasteiger partial charge in [0.2, 0.25) is 11.7 Å². The summed E-state index contributed by atoms with van der Waals surface area (Å²) in [4.78, 5) is 5.86. The second-order valence-electron chi connectivity index (χ2n) is 6.78. The van der Waals surface area contributed by atoms with Crippen LogP contribution in [0.4, 0.5) is 13.2 Å². The fourth-order valence-electron chi connectivity index (χ4n) is 3.31. The third kappa shape index (κ3) is 5.28. The smallest absolute Gasteiger partial charge is 0.338 e. The lowest BCUT2D eigenvalue weighted by molar-refractivity contribution is -0.148. The molecule has 1 aromatic heterocycles. The standard InChI is InChI=1S/C18H23F3N4O/c1-13(14-7-9-25(10-8-14)12-18(19,20)21)22-11-16-23-17(24-26-16)15-5-3-2-4-6-15/h2-6,13-14,22H,7-12H2,1H3. The van der Waals surface area contributed by atoms with Crippen LogP contribution in [-0.4, -0.2) is 46.9 Å². The van der Waals surface area contributed by atoms with Gasteiger partial charge in [-0.1, -0.05) is 35.5 Å². The molecule has 0 radical (unpaired) electrons. The lowest BCUT2D eigenvalue weighted by Gasteiger charge is -2.35. The average Bonchev–Trinajstić information content (AvgIpc) is 3.09. The van der Waals surface area contributed by atoms with E-state index in [-0.39, 0.29) is 6.04 Å². The second-order valence-corrected chi connectivity index (χ2v) is 6.78. The Kier molecular flexibility index (Phi) is 5.93. The van der Waals surface area contributed by atoms with E-state index in [1.165, 1.54) is 4.90 Å². The van der Waals surface area contributed by atoms with Crippen molar-refractivity contribution in [1.82, 2.24) is 20.4 Å². The van der Waals surface area contributed by atoms with Crippen molar-refractivity contribution >= 4 is 0 Å². The van der Waals surface area contributed by atoms with E-state index in [9.17, 15) is 13.2 Å². The van der Waals surface area contributed by atoms with Crippen molar-refractivity contribution < 1.29 is 17.7 Å². The van der Waals surface area contributed by atoms with Crippen LogP contribution in [0.1, 0.15) is 25.7 Å². The van der Waals surface area contributed by atoms with Crippen molar-refractivity contribution in [2.45, 2.75) is 38.5 Å². The molecule has 26 heavy (non-hydrogen) atoms. The molecule has 1 aliphatic heterocycles. The molecular formula is C18H23F3N4O. The van der Waals surface area contributed by atoms with E-state index in [1.807, 2.05) is 30.3 Å². The van der Waals surface area contributed by atoms with E-state index in [0.29, 0.717) is 37.3 Å². The topological polar surface area (TPSA) is 54.2 Å². The molecule has 3 rings (SSSR count). The minimum absolute atomic E-state index is 0.176. The summed E-state index contributed by atoms with van der Waals surface area (Å²) in [6.45, 7) is 2.65. The number of likely N-dealkylation sites (tertiary alicyclic amines) is 1. The van der Waals surface area contributed by atoms with Gasteiger partial charge in [-0.15, -0.1) is 0 Å². The maximum absolute atomic E-state index is 12.5. The van der Waals surface area contributed by atoms with E-state index < -0.39 is 12.7 Å². The summed E-state index contributed by atoms with van der Waals surface area (Å²) in [5.41, 5.74) is 0.896. The first kappa shape index (κ1) is 18.8. The van der Waals surface area contributed by atoms with Crippen LogP contribution in [0.5, 0.6) is 0 Å². The highest BCUT2D eigenvalue weighted by atomic mass is 19.4. The van der Waals surface area contributed by atoms with E-state index in [4.69, 9.17) is 4.52 Å². The third-order valence-corrected chi connectivity index (χ3v) is 4.82. The van der Waals surface area contributed by atoms with Gasteiger partial charge in [0.15, 0.2) is 0 Å². The molecule has 1 fully saturated rings. The normalized spacial score (nSPS) is 18.2. The first-order chi connectivity index (χ1) is 12.4. The highest BCUT2D eigenvalue weighted by Gasteiger charge is 2.33. The molecule has 0 spiro atoms. The number of nitrogens with one attached hydrogen (secondary N) is 1. The average molecular weight is 368 g/mol. The summed E-state index contributed by atoms with van der Waals surface area (Å²) < 4.78 is 42.6. The maximum Gasteiger partial charge on any atom is 0.401 e. The van der Waals surface area contributed by atoms with Gasteiger partial charge in [-0.25, -0.2) is 0 Å². The summed E-state index contributed by atoms with van der Waals surface area (Å²) in [6.07, 6.45) is -2.61. The van der Waals surface area contributed by atoms with Crippen LogP contribution >= 0.6 is 0 Å². The Labute approximate surface area is 150 Å². The van der Waals surface area contributed by atoms with Gasteiger partial charge in [-0.2, -0.15) is 18.2 Å². The molecule has 1 saturated heterocycles. The fourth-order valence-corrected chi connectivity index (χ4v) is 3.31. The number of rotatable bonds is 6. The molecule has 1 aliphatic rings. The highest BCUT2D eigenvalue weighted by molar-refractivity contribution is 5.53. The summed E-state index contributed by atoms with van der Waals surface area (Å²) >= 11 is 0. The van der Waals surface area contributed by atoms with Crippen molar-refractivity contribution in [2.24, 2.45) is 5.92 Å². The largest absolute Gasteiger partial charge is 0.401 e. The second kappa shape index (κ2) is 8.18. The Morgan fingerprint density at radius 3 is 2.58 bits per heavy atom. The van der Waals surface area contributed by atoms with Crippen molar-refractivity contribution in [3.05, 3.63) is 36.2 Å². The Balaban J connectivity index is 1.45. The molecule has 142 valence electrons. The lowest BCUT2D eigenvalue weighted by atomic mass is 9.90. The number of aromatic nitrogens is 2. The first-order valence-electron chi connectivity index (χ1n) is 8.81. The van der Waals surface area contributed by atoms with Gasteiger partial charge < -0.3 is 9.84 Å². The molecule has 1 unspecified atom stereocenters. The lowest BCUT2D eigenvalue weighted by Crippen LogP contribution is -2.44. The van der Waals surface area contributed by atoms with Crippen LogP contribution in [-0.2, 0) is 6.54 Å². The molecule has 2 aromatic rings. The number of halogens is 3. The number of nitrogens with zero attached hydrogens (tertiary/aromatic N) is 3. The minimum Gasteiger partial charge on any atom is -0.338 e. The zero-order valence-electron chi connectivity index (χ0n) is 14.7. The zero-order valence-corrected chi connectivity index (χ0v) is 14.7. The van der Waals surface area contributed by atoms with Crippen LogP contribution in [0.25, 0.3) is 11.4 Å². The highest BCUT2D eigenvalue weighted by Crippen LogP contribution is 2.24. The number of benzene rings is 1. The zero-order chi connectivity index (χ0) is 18.6. The van der Waals surface area contributed by atoms with Gasteiger partial charge in [-0.3, -0.25) is 4.90 Å². The monoisotopic (exact) mass is 368 g/mol. The minimum atomic E-state index is -4.12. The summed E-state index contributed by atoms with van der Waals surface area (Å²) in [6, 6.07) is 9.76. The van der Waals surface area contributed by atoms with E-state index in [1.54, 1.807) is 0 Å². The van der Waals surface area contributed by atoms with Crippen LogP contribution in [0, 0.1) is 5.92 Å². The molecule has 0 amide bonds. The van der Waals surface area contributed by atoms with Crippen LogP contribution in [0.3, 0.4) is 0 Å². The van der Waals surface area contributed by atoms with Crippen molar-refractivity contribution in [2.75, 3.05) is 19.6 Å². The fraction of sp³-hybridized carbons (Fsp3) is 0.556. The number of hydrogen-bond acceptors (Lipinski definition) is 5. The third-order valence-electron chi connectivity index (χ3n) is 4.82. The molecule has 1 aromatic carbocycles. The van der Waals surface area contributed by atoms with Gasteiger partial charge in [0.1, 0.15) is 0 Å². The predicted octanol–water partition coefficient (Wildman–Crippen LogP) is 3.49. The van der Waals surface area contributed by atoms with E-state index in [0.717, 1.165) is 18.4 Å². The maximum atomic E-state index is 12.5. The molecule has 0 saturated carbocycles. The van der Waals surface area contributed by atoms with Gasteiger partial charge >= 0.3 is 6.18 Å². The first-order valence-corrected chi connectivity index (χ1v) is 8.81. The molecule has 2 heterocycles. The SMILES string of the molecule is CC(NCc1nc(-c2ccccc2)no1)C1CCN(CC(F)(F)F)CC1. The van der Waals surface area contributed by atoms with Crippen LogP contribution < -0.4 is 5.32 Å². The van der Waals surface area contributed by atoms with Gasteiger partial charge in [0, 0.05) is 11.6 Å². The number of alkyl halides is 3. The van der Waals surface area contributed by atoms with E-state index in [2.05, 4.69) is 22.4 Å². The molecule has 1 N–H and O–H groups in total. The molecule has 0 bridgehead atoms. The molecule has 0 aliphatic carbocycles. The Bertz CT molecular complexity index is 681. The van der Waals surface area contributed by atoms with Gasteiger partial charge in [-0.05, 0) is 38.8 Å². The van der Waals surface area contributed by atoms with Crippen molar-refractivity contribution in [3.8, 4) is 11.4 Å². The molecule has 5 nitrogen and oxygen atoms in total. The van der Waals surface area contributed by atoms with Gasteiger partial charge in [0.25, 0.3) is 0 Å². The Morgan fingerprint density at radius 1 is 1.23 bits per heavy atom. The Hall–Kier alpha value is -1.93. The number of piperidine rings is 1. The Morgan fingerprint density at radius 2 is 1.92 bits per heavy atom. The predicted molar refractivity (Wildman–Crippen MR) is 91.3 cm³/mol. The molecule has 8 heteroatoms. The van der Waals surface area contributed by atoms with E-state index >= 15 is 0 Å². The number of hydrogen-bond donors (Lipinski definition) is 1.